The molecule has 0 saturated carbocycles. The van der Waals surface area contributed by atoms with Crippen molar-refractivity contribution in [3.05, 3.63) is 70.2 Å². The Bertz CT molecular complexity index is 919. The molecule has 2 aromatic rings. The van der Waals surface area contributed by atoms with Crippen molar-refractivity contribution in [1.29, 1.82) is 0 Å². The Morgan fingerprint density at radius 2 is 1.67 bits per heavy atom. The van der Waals surface area contributed by atoms with Crippen LogP contribution in [0.5, 0.6) is 0 Å². The van der Waals surface area contributed by atoms with E-state index < -0.39 is 10.0 Å². The molecule has 0 saturated heterocycles. The second-order valence-electron chi connectivity index (χ2n) is 6.99. The third-order valence-electron chi connectivity index (χ3n) is 3.96. The van der Waals surface area contributed by atoms with Crippen LogP contribution in [0.25, 0.3) is 0 Å². The van der Waals surface area contributed by atoms with E-state index in [0.29, 0.717) is 24.1 Å². The summed E-state index contributed by atoms with van der Waals surface area (Å²) < 4.78 is 26.7. The van der Waals surface area contributed by atoms with Gasteiger partial charge in [-0.2, -0.15) is 0 Å². The third kappa shape index (κ3) is 9.63. The summed E-state index contributed by atoms with van der Waals surface area (Å²) in [5.41, 5.74) is 2.74. The molecule has 0 aliphatic heterocycles. The van der Waals surface area contributed by atoms with Crippen molar-refractivity contribution >= 4 is 51.6 Å². The Balaban J connectivity index is 0.00000450. The van der Waals surface area contributed by atoms with Crippen molar-refractivity contribution in [3.63, 3.8) is 0 Å². The number of benzene rings is 2. The Hall–Kier alpha value is -1.36. The summed E-state index contributed by atoms with van der Waals surface area (Å²) in [4.78, 5) is 4.59. The number of rotatable bonds is 9. The maximum Gasteiger partial charge on any atom is 0.216 e. The Morgan fingerprint density at radius 1 is 1.03 bits per heavy atom. The van der Waals surface area contributed by atoms with E-state index in [0.717, 1.165) is 23.2 Å². The largest absolute Gasteiger partial charge is 0.357 e. The minimum Gasteiger partial charge on any atom is -0.357 e. The van der Waals surface area contributed by atoms with Crippen molar-refractivity contribution in [2.24, 2.45) is 4.99 Å². The molecule has 2 aromatic carbocycles. The molecule has 0 fully saturated rings. The molecule has 0 unspecified atom stereocenters. The summed E-state index contributed by atoms with van der Waals surface area (Å²) in [6, 6.07) is 15.0. The van der Waals surface area contributed by atoms with E-state index in [4.69, 9.17) is 11.6 Å². The molecule has 0 amide bonds. The quantitative estimate of drug-likeness (QED) is 0.244. The van der Waals surface area contributed by atoms with Gasteiger partial charge in [0.2, 0.25) is 10.0 Å². The van der Waals surface area contributed by atoms with Crippen LogP contribution in [0, 0.1) is 0 Å². The van der Waals surface area contributed by atoms with E-state index in [1.807, 2.05) is 55.5 Å². The second kappa shape index (κ2) is 13.1. The number of nitrogens with one attached hydrogen (secondary N) is 3. The predicted molar refractivity (Wildman–Crippen MR) is 136 cm³/mol. The SMILES string of the molecule is CCNC(=NCc1ccc(CS(=O)(=O)NC(C)C)cc1)NCc1ccccc1Cl.I. The van der Waals surface area contributed by atoms with Crippen molar-refractivity contribution < 1.29 is 8.42 Å². The van der Waals surface area contributed by atoms with Crippen LogP contribution in [0.2, 0.25) is 5.02 Å². The molecule has 0 radical (unpaired) electrons. The van der Waals surface area contributed by atoms with Crippen LogP contribution in [0.1, 0.15) is 37.5 Å². The first-order valence-electron chi connectivity index (χ1n) is 9.62. The Kier molecular flexibility index (Phi) is 11.7. The maximum atomic E-state index is 12.0. The second-order valence-corrected chi connectivity index (χ2v) is 9.15. The van der Waals surface area contributed by atoms with Crippen LogP contribution in [0.4, 0.5) is 0 Å². The number of nitrogens with zero attached hydrogens (tertiary/aromatic N) is 1. The highest BCUT2D eigenvalue weighted by Gasteiger charge is 2.12. The number of hydrogen-bond donors (Lipinski definition) is 3. The fourth-order valence-corrected chi connectivity index (χ4v) is 4.33. The number of aliphatic imine (C=N–C) groups is 1. The smallest absolute Gasteiger partial charge is 0.216 e. The van der Waals surface area contributed by atoms with Gasteiger partial charge in [-0.05, 0) is 43.5 Å². The van der Waals surface area contributed by atoms with Gasteiger partial charge in [-0.3, -0.25) is 0 Å². The van der Waals surface area contributed by atoms with Crippen LogP contribution in [-0.4, -0.2) is 27.0 Å². The van der Waals surface area contributed by atoms with Gasteiger partial charge in [-0.1, -0.05) is 54.1 Å². The molecule has 0 spiro atoms. The van der Waals surface area contributed by atoms with Crippen LogP contribution < -0.4 is 15.4 Å². The van der Waals surface area contributed by atoms with Crippen LogP contribution in [0.3, 0.4) is 0 Å². The minimum atomic E-state index is -3.33. The molecule has 6 nitrogen and oxygen atoms in total. The number of guanidine groups is 1. The van der Waals surface area contributed by atoms with E-state index in [2.05, 4.69) is 20.3 Å². The molecule has 30 heavy (non-hydrogen) atoms. The van der Waals surface area contributed by atoms with Crippen LogP contribution in [-0.2, 0) is 28.9 Å². The van der Waals surface area contributed by atoms with Gasteiger partial charge in [0.1, 0.15) is 0 Å². The van der Waals surface area contributed by atoms with Crippen LogP contribution >= 0.6 is 35.6 Å². The highest BCUT2D eigenvalue weighted by atomic mass is 127. The first-order chi connectivity index (χ1) is 13.8. The molecule has 0 bridgehead atoms. The average molecular weight is 565 g/mol. The van der Waals surface area contributed by atoms with E-state index in [9.17, 15) is 8.42 Å². The lowest BCUT2D eigenvalue weighted by molar-refractivity contribution is 0.569. The average Bonchev–Trinajstić information content (AvgIpc) is 2.65. The monoisotopic (exact) mass is 564 g/mol. The number of hydrogen-bond acceptors (Lipinski definition) is 3. The summed E-state index contributed by atoms with van der Waals surface area (Å²) >= 11 is 6.20. The fourth-order valence-electron chi connectivity index (χ4n) is 2.69. The molecule has 0 atom stereocenters. The zero-order valence-electron chi connectivity index (χ0n) is 17.5. The van der Waals surface area contributed by atoms with Crippen molar-refractivity contribution in [1.82, 2.24) is 15.4 Å². The third-order valence-corrected chi connectivity index (χ3v) is 5.88. The summed E-state index contributed by atoms with van der Waals surface area (Å²) in [6.45, 7) is 7.42. The first kappa shape index (κ1) is 26.7. The summed E-state index contributed by atoms with van der Waals surface area (Å²) in [6.07, 6.45) is 0. The van der Waals surface area contributed by atoms with E-state index in [-0.39, 0.29) is 35.8 Å². The van der Waals surface area contributed by atoms with E-state index in [1.54, 1.807) is 13.8 Å². The highest BCUT2D eigenvalue weighted by Crippen LogP contribution is 2.14. The van der Waals surface area contributed by atoms with Gasteiger partial charge in [-0.15, -0.1) is 24.0 Å². The van der Waals surface area contributed by atoms with Crippen molar-refractivity contribution in [2.45, 2.75) is 45.7 Å². The summed E-state index contributed by atoms with van der Waals surface area (Å²) in [5.74, 6) is 0.664. The zero-order chi connectivity index (χ0) is 21.3. The predicted octanol–water partition coefficient (Wildman–Crippen LogP) is 4.04. The molecule has 9 heteroatoms. The van der Waals surface area contributed by atoms with Gasteiger partial charge in [0.25, 0.3) is 0 Å². The standard InChI is InChI=1S/C21H29ClN4O2S.HI/c1-4-23-21(25-14-19-7-5-6-8-20(19)22)24-13-17-9-11-18(12-10-17)15-29(27,28)26-16(2)3;/h5-12,16,26H,4,13-15H2,1-3H3,(H2,23,24,25);1H. The normalized spacial score (nSPS) is 11.8. The van der Waals surface area contributed by atoms with Gasteiger partial charge in [0, 0.05) is 24.2 Å². The lowest BCUT2D eigenvalue weighted by Crippen LogP contribution is -2.36. The first-order valence-corrected chi connectivity index (χ1v) is 11.7. The minimum absolute atomic E-state index is 0. The lowest BCUT2D eigenvalue weighted by atomic mass is 10.1. The maximum absolute atomic E-state index is 12.0. The molecule has 166 valence electrons. The number of halogens is 2. The van der Waals surface area contributed by atoms with Crippen molar-refractivity contribution in [2.75, 3.05) is 6.54 Å². The molecule has 3 N–H and O–H groups in total. The van der Waals surface area contributed by atoms with Gasteiger partial charge in [0.15, 0.2) is 5.96 Å². The van der Waals surface area contributed by atoms with Gasteiger partial charge < -0.3 is 10.6 Å². The lowest BCUT2D eigenvalue weighted by Gasteiger charge is -2.12. The van der Waals surface area contributed by atoms with Gasteiger partial charge in [0.05, 0.1) is 12.3 Å². The van der Waals surface area contributed by atoms with E-state index in [1.165, 1.54) is 0 Å². The summed E-state index contributed by atoms with van der Waals surface area (Å²) in [7, 11) is -3.33. The molecule has 2 rings (SSSR count). The van der Waals surface area contributed by atoms with Crippen molar-refractivity contribution in [3.8, 4) is 0 Å². The Morgan fingerprint density at radius 3 is 2.27 bits per heavy atom. The zero-order valence-corrected chi connectivity index (χ0v) is 21.4. The van der Waals surface area contributed by atoms with E-state index >= 15 is 0 Å². The molecular formula is C21H30ClIN4O2S. The fraction of sp³-hybridized carbons (Fsp3) is 0.381. The number of sulfonamides is 1. The molecule has 0 aromatic heterocycles. The molecule has 0 heterocycles. The van der Waals surface area contributed by atoms with Gasteiger partial charge in [-0.25, -0.2) is 18.1 Å². The summed E-state index contributed by atoms with van der Waals surface area (Å²) in [5, 5.41) is 7.20. The topological polar surface area (TPSA) is 82.6 Å². The Labute approximate surface area is 202 Å². The van der Waals surface area contributed by atoms with Gasteiger partial charge >= 0.3 is 0 Å². The van der Waals surface area contributed by atoms with Crippen LogP contribution in [0.15, 0.2) is 53.5 Å². The molecule has 0 aliphatic rings. The molecule has 0 aliphatic carbocycles. The molecular weight excluding hydrogens is 535 g/mol. The highest BCUT2D eigenvalue weighted by molar-refractivity contribution is 14.0.